The van der Waals surface area contributed by atoms with E-state index in [1.165, 1.54) is 96.3 Å². The van der Waals surface area contributed by atoms with E-state index in [1.54, 1.807) is 21.3 Å². The van der Waals surface area contributed by atoms with Crippen LogP contribution in [0.4, 0.5) is 0 Å². The summed E-state index contributed by atoms with van der Waals surface area (Å²) in [7, 11) is 2.56. The molecule has 4 heteroatoms. The normalized spacial score (nSPS) is 12.0. The Bertz CT molecular complexity index is 249. The second kappa shape index (κ2) is 18.9. The number of rotatable bonds is 20. The highest BCUT2D eigenvalue weighted by atomic mass is 28.4. The van der Waals surface area contributed by atoms with E-state index in [0.717, 1.165) is 6.42 Å². The average Bonchev–Trinajstić information content (AvgIpc) is 2.65. The molecule has 0 unspecified atom stereocenters. The first kappa shape index (κ1) is 25.1. The van der Waals surface area contributed by atoms with Crippen LogP contribution < -0.4 is 0 Å². The molecule has 0 aliphatic carbocycles. The lowest BCUT2D eigenvalue weighted by Gasteiger charge is -2.23. The zero-order chi connectivity index (χ0) is 18.6. The van der Waals surface area contributed by atoms with Gasteiger partial charge in [0.25, 0.3) is 0 Å². The highest BCUT2D eigenvalue weighted by Gasteiger charge is 2.37. The van der Waals surface area contributed by atoms with Gasteiger partial charge in [0.1, 0.15) is 0 Å². The monoisotopic (exact) mass is 373 g/mol. The summed E-state index contributed by atoms with van der Waals surface area (Å²) in [5.74, 6) is 0. The molecular formula is C21H45O3Si. The fourth-order valence-corrected chi connectivity index (χ4v) is 4.85. The summed E-state index contributed by atoms with van der Waals surface area (Å²) in [5.41, 5.74) is 0. The quantitative estimate of drug-likeness (QED) is 0.172. The minimum absolute atomic E-state index is 1.03. The maximum Gasteiger partial charge on any atom is 0.503 e. The molecule has 151 valence electrons. The zero-order valence-electron chi connectivity index (χ0n) is 17.6. The van der Waals surface area contributed by atoms with Crippen LogP contribution in [0.15, 0.2) is 0 Å². The van der Waals surface area contributed by atoms with Crippen molar-refractivity contribution >= 4 is 8.80 Å². The summed E-state index contributed by atoms with van der Waals surface area (Å²) in [6.45, 7) is 2.29. The number of hydrogen-bond donors (Lipinski definition) is 0. The van der Waals surface area contributed by atoms with Gasteiger partial charge in [0.05, 0.1) is 0 Å². The molecule has 0 saturated heterocycles. The van der Waals surface area contributed by atoms with E-state index in [4.69, 9.17) is 13.3 Å². The van der Waals surface area contributed by atoms with Crippen LogP contribution in [-0.4, -0.2) is 30.1 Å². The number of hydrogen-bond acceptors (Lipinski definition) is 3. The van der Waals surface area contributed by atoms with Crippen LogP contribution in [0.25, 0.3) is 0 Å². The lowest BCUT2D eigenvalue weighted by molar-refractivity contribution is 0.132. The largest absolute Gasteiger partial charge is 0.503 e. The maximum absolute atomic E-state index is 5.40. The van der Waals surface area contributed by atoms with Crippen LogP contribution in [0.1, 0.15) is 110 Å². The molecule has 0 aliphatic rings. The predicted molar refractivity (Wildman–Crippen MR) is 111 cm³/mol. The second-order valence-electron chi connectivity index (χ2n) is 7.16. The Kier molecular flexibility index (Phi) is 18.9. The van der Waals surface area contributed by atoms with Crippen LogP contribution in [0, 0.1) is 6.04 Å². The van der Waals surface area contributed by atoms with Gasteiger partial charge in [-0.15, -0.1) is 0 Å². The Balaban J connectivity index is 3.21. The van der Waals surface area contributed by atoms with E-state index in [-0.39, 0.29) is 0 Å². The fourth-order valence-electron chi connectivity index (χ4n) is 3.29. The molecule has 0 N–H and O–H groups in total. The van der Waals surface area contributed by atoms with Crippen LogP contribution in [0.2, 0.25) is 0 Å². The Labute approximate surface area is 159 Å². The van der Waals surface area contributed by atoms with Crippen molar-refractivity contribution in [3.05, 3.63) is 6.04 Å². The molecule has 1 radical (unpaired) electrons. The molecule has 0 aromatic carbocycles. The summed E-state index contributed by atoms with van der Waals surface area (Å²) in [4.78, 5) is 0. The van der Waals surface area contributed by atoms with E-state index in [1.807, 2.05) is 0 Å². The van der Waals surface area contributed by atoms with Crippen LogP contribution in [0.5, 0.6) is 0 Å². The highest BCUT2D eigenvalue weighted by Crippen LogP contribution is 2.17. The standard InChI is InChI=1S/C21H45O3Si/c1-5-6-7-8-9-10-11-12-13-14-15-16-17-18-19-20-21-25(22-2,23-3)24-4/h21H,5-20H2,1-4H3. The van der Waals surface area contributed by atoms with Crippen molar-refractivity contribution in [2.24, 2.45) is 0 Å². The third kappa shape index (κ3) is 14.9. The molecule has 0 bridgehead atoms. The minimum atomic E-state index is -2.45. The summed E-state index contributed by atoms with van der Waals surface area (Å²) < 4.78 is 16.2. The Morgan fingerprint density at radius 3 is 1.16 bits per heavy atom. The molecule has 0 aromatic rings. The topological polar surface area (TPSA) is 27.7 Å². The van der Waals surface area contributed by atoms with E-state index >= 15 is 0 Å². The third-order valence-electron chi connectivity index (χ3n) is 5.06. The zero-order valence-corrected chi connectivity index (χ0v) is 18.6. The molecule has 3 nitrogen and oxygen atoms in total. The van der Waals surface area contributed by atoms with Crippen molar-refractivity contribution in [3.63, 3.8) is 0 Å². The summed E-state index contributed by atoms with van der Waals surface area (Å²) in [6.07, 6.45) is 22.0. The molecule has 0 heterocycles. The molecule has 25 heavy (non-hydrogen) atoms. The maximum atomic E-state index is 5.40. The van der Waals surface area contributed by atoms with Crippen molar-refractivity contribution in [1.82, 2.24) is 0 Å². The highest BCUT2D eigenvalue weighted by molar-refractivity contribution is 6.64. The van der Waals surface area contributed by atoms with Crippen molar-refractivity contribution in [2.45, 2.75) is 110 Å². The van der Waals surface area contributed by atoms with Gasteiger partial charge >= 0.3 is 8.80 Å². The minimum Gasteiger partial charge on any atom is -0.377 e. The first-order valence-corrected chi connectivity index (χ1v) is 12.5. The van der Waals surface area contributed by atoms with Gasteiger partial charge in [-0.05, 0) is 6.42 Å². The first-order valence-electron chi connectivity index (χ1n) is 10.7. The van der Waals surface area contributed by atoms with Gasteiger partial charge in [0.2, 0.25) is 0 Å². The van der Waals surface area contributed by atoms with Crippen molar-refractivity contribution in [2.75, 3.05) is 21.3 Å². The lowest BCUT2D eigenvalue weighted by Crippen LogP contribution is -2.43. The van der Waals surface area contributed by atoms with Gasteiger partial charge in [0.15, 0.2) is 0 Å². The van der Waals surface area contributed by atoms with Gasteiger partial charge in [-0.25, -0.2) is 0 Å². The summed E-state index contributed by atoms with van der Waals surface area (Å²) in [5, 5.41) is 0. The Morgan fingerprint density at radius 1 is 0.520 bits per heavy atom. The molecule has 0 aliphatic heterocycles. The van der Waals surface area contributed by atoms with Crippen molar-refractivity contribution in [1.29, 1.82) is 0 Å². The Hall–Kier alpha value is 0.0969. The van der Waals surface area contributed by atoms with Crippen molar-refractivity contribution in [3.8, 4) is 0 Å². The molecule has 0 atom stereocenters. The summed E-state index contributed by atoms with van der Waals surface area (Å²) in [6, 6.07) is 2.12. The molecular weight excluding hydrogens is 328 g/mol. The molecule has 0 rings (SSSR count). The molecule has 0 aromatic heterocycles. The average molecular weight is 374 g/mol. The summed E-state index contributed by atoms with van der Waals surface area (Å²) >= 11 is 0. The number of unbranched alkanes of at least 4 members (excludes halogenated alkanes) is 15. The molecule has 0 spiro atoms. The van der Waals surface area contributed by atoms with E-state index in [9.17, 15) is 0 Å². The van der Waals surface area contributed by atoms with Crippen LogP contribution in [0.3, 0.4) is 0 Å². The van der Waals surface area contributed by atoms with E-state index in [0.29, 0.717) is 0 Å². The molecule has 0 fully saturated rings. The van der Waals surface area contributed by atoms with Crippen LogP contribution in [-0.2, 0) is 13.3 Å². The van der Waals surface area contributed by atoms with Gasteiger partial charge < -0.3 is 13.3 Å². The van der Waals surface area contributed by atoms with E-state index in [2.05, 4.69) is 13.0 Å². The first-order chi connectivity index (χ1) is 12.2. The lowest BCUT2D eigenvalue weighted by atomic mass is 10.0. The smallest absolute Gasteiger partial charge is 0.377 e. The van der Waals surface area contributed by atoms with Gasteiger partial charge in [0, 0.05) is 27.4 Å². The van der Waals surface area contributed by atoms with Gasteiger partial charge in [-0.3, -0.25) is 0 Å². The Morgan fingerprint density at radius 2 is 0.840 bits per heavy atom. The van der Waals surface area contributed by atoms with Gasteiger partial charge in [-0.1, -0.05) is 103 Å². The van der Waals surface area contributed by atoms with Crippen LogP contribution >= 0.6 is 0 Å². The predicted octanol–water partition coefficient (Wildman–Crippen LogP) is 6.87. The fraction of sp³-hybridized carbons (Fsp3) is 0.952. The van der Waals surface area contributed by atoms with E-state index < -0.39 is 8.80 Å². The second-order valence-corrected chi connectivity index (χ2v) is 10.00. The van der Waals surface area contributed by atoms with Gasteiger partial charge in [-0.2, -0.15) is 0 Å². The molecule has 0 amide bonds. The SMILES string of the molecule is CCCCCCCCCCCCCCCCC[CH][Si](OC)(OC)OC. The molecule has 0 saturated carbocycles. The third-order valence-corrected chi connectivity index (χ3v) is 7.55. The van der Waals surface area contributed by atoms with Crippen molar-refractivity contribution < 1.29 is 13.3 Å².